The number of benzene rings is 1. The smallest absolute Gasteiger partial charge is 0.130 e. The molecule has 0 unspecified atom stereocenters. The van der Waals surface area contributed by atoms with Crippen molar-refractivity contribution in [1.82, 2.24) is 9.55 Å². The third-order valence-electron chi connectivity index (χ3n) is 3.77. The summed E-state index contributed by atoms with van der Waals surface area (Å²) in [6.45, 7) is 1.81. The zero-order valence-corrected chi connectivity index (χ0v) is 11.1. The van der Waals surface area contributed by atoms with E-state index in [1.54, 1.807) is 12.4 Å². The molecular weight excluding hydrogens is 241 g/mol. The molecule has 1 aliphatic carbocycles. The molecule has 4 heteroatoms. The fourth-order valence-corrected chi connectivity index (χ4v) is 2.86. The van der Waals surface area contributed by atoms with E-state index < -0.39 is 0 Å². The van der Waals surface area contributed by atoms with Gasteiger partial charge in [0.1, 0.15) is 5.82 Å². The molecule has 2 aromatic rings. The molecule has 0 aliphatic heterocycles. The lowest BCUT2D eigenvalue weighted by Crippen LogP contribution is -2.14. The van der Waals surface area contributed by atoms with Crippen molar-refractivity contribution in [3.05, 3.63) is 47.3 Å². The highest BCUT2D eigenvalue weighted by atomic mass is 19.1. The average molecular weight is 259 g/mol. The molecule has 0 spiro atoms. The van der Waals surface area contributed by atoms with Crippen LogP contribution in [0, 0.1) is 5.82 Å². The van der Waals surface area contributed by atoms with E-state index in [1.807, 2.05) is 17.6 Å². The van der Waals surface area contributed by atoms with Crippen LogP contribution in [-0.4, -0.2) is 9.55 Å². The van der Waals surface area contributed by atoms with E-state index in [1.165, 1.54) is 24.6 Å². The zero-order valence-electron chi connectivity index (χ0n) is 11.1. The highest BCUT2D eigenvalue weighted by molar-refractivity contribution is 5.46. The molecule has 1 aromatic carbocycles. The van der Waals surface area contributed by atoms with E-state index in [2.05, 4.69) is 4.98 Å². The van der Waals surface area contributed by atoms with Crippen molar-refractivity contribution in [3.8, 4) is 5.69 Å². The Labute approximate surface area is 112 Å². The molecule has 3 nitrogen and oxygen atoms in total. The lowest BCUT2D eigenvalue weighted by molar-refractivity contribution is 0.589. The van der Waals surface area contributed by atoms with Crippen LogP contribution < -0.4 is 5.73 Å². The van der Waals surface area contributed by atoms with E-state index in [0.29, 0.717) is 5.56 Å². The summed E-state index contributed by atoms with van der Waals surface area (Å²) in [4.78, 5) is 4.46. The van der Waals surface area contributed by atoms with E-state index in [9.17, 15) is 4.39 Å². The summed E-state index contributed by atoms with van der Waals surface area (Å²) in [5.41, 5.74) is 9.66. The first-order chi connectivity index (χ1) is 9.18. The molecule has 0 fully saturated rings. The third-order valence-corrected chi connectivity index (χ3v) is 3.77. The van der Waals surface area contributed by atoms with Gasteiger partial charge in [0.2, 0.25) is 0 Å². The van der Waals surface area contributed by atoms with Gasteiger partial charge >= 0.3 is 0 Å². The van der Waals surface area contributed by atoms with Crippen LogP contribution in [0.15, 0.2) is 24.5 Å². The minimum absolute atomic E-state index is 0.245. The topological polar surface area (TPSA) is 43.8 Å². The van der Waals surface area contributed by atoms with Gasteiger partial charge in [-0.1, -0.05) is 6.07 Å². The van der Waals surface area contributed by atoms with Crippen LogP contribution in [0.2, 0.25) is 0 Å². The van der Waals surface area contributed by atoms with Gasteiger partial charge in [-0.2, -0.15) is 0 Å². The van der Waals surface area contributed by atoms with Gasteiger partial charge in [0.15, 0.2) is 0 Å². The quantitative estimate of drug-likeness (QED) is 0.901. The zero-order chi connectivity index (χ0) is 13.4. The fraction of sp³-hybridized carbons (Fsp3) is 0.400. The lowest BCUT2D eigenvalue weighted by Gasteiger charge is -2.18. The molecule has 1 aromatic heterocycles. The Kier molecular flexibility index (Phi) is 3.11. The first-order valence-corrected chi connectivity index (χ1v) is 6.78. The van der Waals surface area contributed by atoms with E-state index in [0.717, 1.165) is 24.2 Å². The van der Waals surface area contributed by atoms with Gasteiger partial charge in [-0.15, -0.1) is 0 Å². The van der Waals surface area contributed by atoms with Crippen molar-refractivity contribution < 1.29 is 4.39 Å². The summed E-state index contributed by atoms with van der Waals surface area (Å²) < 4.78 is 16.0. The second-order valence-corrected chi connectivity index (χ2v) is 5.18. The Bertz CT molecular complexity index is 601. The minimum atomic E-state index is -0.335. The van der Waals surface area contributed by atoms with E-state index in [-0.39, 0.29) is 11.9 Å². The highest BCUT2D eigenvalue weighted by Crippen LogP contribution is 2.28. The number of hydrogen-bond donors (Lipinski definition) is 1. The molecule has 0 radical (unpaired) electrons. The van der Waals surface area contributed by atoms with Crippen molar-refractivity contribution in [2.75, 3.05) is 0 Å². The first-order valence-electron chi connectivity index (χ1n) is 6.78. The number of imidazole rings is 1. The molecule has 0 bridgehead atoms. The first kappa shape index (κ1) is 12.4. The largest absolute Gasteiger partial charge is 0.324 e. The van der Waals surface area contributed by atoms with Crippen molar-refractivity contribution in [1.29, 1.82) is 0 Å². The number of halogens is 1. The predicted octanol–water partition coefficient (Wildman–Crippen LogP) is 2.91. The summed E-state index contributed by atoms with van der Waals surface area (Å²) in [5, 5.41) is 0. The van der Waals surface area contributed by atoms with Gasteiger partial charge in [0.05, 0.1) is 17.7 Å². The summed E-state index contributed by atoms with van der Waals surface area (Å²) >= 11 is 0. The van der Waals surface area contributed by atoms with Gasteiger partial charge in [-0.25, -0.2) is 9.37 Å². The van der Waals surface area contributed by atoms with Crippen LogP contribution in [0.25, 0.3) is 5.69 Å². The number of aryl methyl sites for hydroxylation is 1. The van der Waals surface area contributed by atoms with Gasteiger partial charge in [-0.3, -0.25) is 0 Å². The van der Waals surface area contributed by atoms with E-state index in [4.69, 9.17) is 5.73 Å². The normalized spacial score (nSPS) is 16.2. The molecule has 1 heterocycles. The number of nitrogens with zero attached hydrogens (tertiary/aromatic N) is 2. The minimum Gasteiger partial charge on any atom is -0.324 e. The Hall–Kier alpha value is -1.68. The number of nitrogens with two attached hydrogens (primary N) is 1. The maximum Gasteiger partial charge on any atom is 0.130 e. The Balaban J connectivity index is 2.17. The molecular formula is C15H18FN3. The maximum absolute atomic E-state index is 14.0. The monoisotopic (exact) mass is 259 g/mol. The number of fused-ring (bicyclic) bond motifs is 1. The molecule has 0 amide bonds. The van der Waals surface area contributed by atoms with Crippen LogP contribution in [0.4, 0.5) is 4.39 Å². The maximum atomic E-state index is 14.0. The van der Waals surface area contributed by atoms with Crippen molar-refractivity contribution >= 4 is 0 Å². The number of rotatable bonds is 2. The Morgan fingerprint density at radius 2 is 2.11 bits per heavy atom. The Morgan fingerprint density at radius 3 is 2.89 bits per heavy atom. The summed E-state index contributed by atoms with van der Waals surface area (Å²) in [5.74, 6) is -0.245. The molecule has 100 valence electrons. The van der Waals surface area contributed by atoms with E-state index >= 15 is 0 Å². The number of aromatic nitrogens is 2. The van der Waals surface area contributed by atoms with Gasteiger partial charge in [0.25, 0.3) is 0 Å². The second kappa shape index (κ2) is 4.78. The van der Waals surface area contributed by atoms with Crippen molar-refractivity contribution in [2.24, 2.45) is 5.73 Å². The van der Waals surface area contributed by atoms with Gasteiger partial charge in [0, 0.05) is 17.3 Å². The highest BCUT2D eigenvalue weighted by Gasteiger charge is 2.20. The molecule has 2 N–H and O–H groups in total. The summed E-state index contributed by atoms with van der Waals surface area (Å²) in [7, 11) is 0. The van der Waals surface area contributed by atoms with Crippen LogP contribution in [0.3, 0.4) is 0 Å². The van der Waals surface area contributed by atoms with Gasteiger partial charge < -0.3 is 10.3 Å². The number of hydrogen-bond acceptors (Lipinski definition) is 2. The van der Waals surface area contributed by atoms with Crippen molar-refractivity contribution in [3.63, 3.8) is 0 Å². The molecule has 0 saturated heterocycles. The third kappa shape index (κ3) is 2.06. The molecule has 1 aliphatic rings. The predicted molar refractivity (Wildman–Crippen MR) is 72.8 cm³/mol. The average Bonchev–Trinajstić information content (AvgIpc) is 2.81. The lowest BCUT2D eigenvalue weighted by atomic mass is 10.00. The van der Waals surface area contributed by atoms with Crippen LogP contribution in [0.5, 0.6) is 0 Å². The molecule has 1 atom stereocenters. The standard InChI is InChI=1S/C15H18FN3/c1-10(17)15-11(16)5-4-8-14(15)19-9-18-12-6-2-3-7-13(12)19/h4-5,8-10H,2-3,6-7,17H2,1H3/t10-/m1/s1. The van der Waals surface area contributed by atoms with Crippen LogP contribution >= 0.6 is 0 Å². The molecule has 19 heavy (non-hydrogen) atoms. The SMILES string of the molecule is C[C@@H](N)c1c(F)cccc1-n1cnc2c1CCCC2. The molecule has 0 saturated carbocycles. The van der Waals surface area contributed by atoms with Crippen molar-refractivity contribution in [2.45, 2.75) is 38.6 Å². The van der Waals surface area contributed by atoms with Crippen LogP contribution in [-0.2, 0) is 12.8 Å². The molecule has 3 rings (SSSR count). The fourth-order valence-electron chi connectivity index (χ4n) is 2.86. The van der Waals surface area contributed by atoms with Crippen LogP contribution in [0.1, 0.15) is 42.8 Å². The summed E-state index contributed by atoms with van der Waals surface area (Å²) in [6.07, 6.45) is 6.18. The second-order valence-electron chi connectivity index (χ2n) is 5.18. The van der Waals surface area contributed by atoms with Gasteiger partial charge in [-0.05, 0) is 44.7 Å². The summed E-state index contributed by atoms with van der Waals surface area (Å²) in [6, 6.07) is 4.77. The Morgan fingerprint density at radius 1 is 1.32 bits per heavy atom.